The molecule has 7 nitrogen and oxygen atoms in total. The van der Waals surface area contributed by atoms with Crippen molar-refractivity contribution < 1.29 is 9.18 Å². The maximum absolute atomic E-state index is 13.1. The molecule has 22 heavy (non-hydrogen) atoms. The quantitative estimate of drug-likeness (QED) is 0.578. The first-order valence-corrected chi connectivity index (χ1v) is 6.30. The molecule has 0 saturated heterocycles. The highest BCUT2D eigenvalue weighted by atomic mass is 19.1. The van der Waals surface area contributed by atoms with Crippen LogP contribution in [0.4, 0.5) is 4.39 Å². The Labute approximate surface area is 126 Å². The maximum atomic E-state index is 13.1. The summed E-state index contributed by atoms with van der Waals surface area (Å²) >= 11 is 0. The van der Waals surface area contributed by atoms with E-state index in [0.29, 0.717) is 5.57 Å². The molecule has 0 radical (unpaired) electrons. The summed E-state index contributed by atoms with van der Waals surface area (Å²) in [6.45, 7) is 1.77. The van der Waals surface area contributed by atoms with Gasteiger partial charge >= 0.3 is 0 Å². The number of aromatic nitrogens is 1. The number of nitrogens with two attached hydrogens (primary N) is 1. The molecule has 0 spiro atoms. The first kappa shape index (κ1) is 17.0. The molecule has 5 N–H and O–H groups in total. The molecule has 116 valence electrons. The zero-order chi connectivity index (χ0) is 16.5. The Morgan fingerprint density at radius 1 is 1.59 bits per heavy atom. The van der Waals surface area contributed by atoms with Crippen LogP contribution in [0.5, 0.6) is 0 Å². The second-order valence-electron chi connectivity index (χ2n) is 4.08. The number of nitrogens with zero attached hydrogens (tertiary/aromatic N) is 1. The SMILES string of the molecule is C/C=C\N=C(C=N)C(=CN)CNC(=O)c1c[nH]c(=O)c(F)c1. The van der Waals surface area contributed by atoms with Crippen molar-refractivity contribution in [2.24, 2.45) is 10.7 Å². The molecule has 1 aromatic heterocycles. The van der Waals surface area contributed by atoms with Gasteiger partial charge in [0.25, 0.3) is 11.5 Å². The van der Waals surface area contributed by atoms with Crippen LogP contribution in [0.3, 0.4) is 0 Å². The second-order valence-corrected chi connectivity index (χ2v) is 4.08. The van der Waals surface area contributed by atoms with E-state index in [1.165, 1.54) is 12.4 Å². The van der Waals surface area contributed by atoms with Crippen molar-refractivity contribution in [3.05, 3.63) is 58.0 Å². The number of nitrogens with one attached hydrogen (secondary N) is 3. The average Bonchev–Trinajstić information content (AvgIpc) is 2.52. The summed E-state index contributed by atoms with van der Waals surface area (Å²) in [4.78, 5) is 28.9. The Bertz CT molecular complexity index is 703. The third-order valence-electron chi connectivity index (χ3n) is 2.59. The van der Waals surface area contributed by atoms with Crippen LogP contribution >= 0.6 is 0 Å². The van der Waals surface area contributed by atoms with Gasteiger partial charge < -0.3 is 21.4 Å². The van der Waals surface area contributed by atoms with Gasteiger partial charge in [0.2, 0.25) is 0 Å². The Balaban J connectivity index is 2.82. The van der Waals surface area contributed by atoms with E-state index in [1.54, 1.807) is 13.0 Å². The molecule has 0 atom stereocenters. The highest BCUT2D eigenvalue weighted by Gasteiger charge is 2.10. The van der Waals surface area contributed by atoms with Crippen molar-refractivity contribution in [1.29, 1.82) is 5.41 Å². The van der Waals surface area contributed by atoms with E-state index in [9.17, 15) is 14.0 Å². The average molecular weight is 305 g/mol. The third kappa shape index (κ3) is 4.51. The normalized spacial score (nSPS) is 12.5. The van der Waals surface area contributed by atoms with Gasteiger partial charge in [-0.05, 0) is 13.0 Å². The minimum absolute atomic E-state index is 0.00183. The van der Waals surface area contributed by atoms with Gasteiger partial charge in [-0.3, -0.25) is 14.6 Å². The van der Waals surface area contributed by atoms with E-state index >= 15 is 0 Å². The van der Waals surface area contributed by atoms with Gasteiger partial charge in [0, 0.05) is 36.9 Å². The first-order valence-electron chi connectivity index (χ1n) is 6.30. The summed E-state index contributed by atoms with van der Waals surface area (Å²) in [5, 5.41) is 9.79. The Morgan fingerprint density at radius 2 is 2.32 bits per heavy atom. The van der Waals surface area contributed by atoms with Gasteiger partial charge in [-0.15, -0.1) is 0 Å². The van der Waals surface area contributed by atoms with Gasteiger partial charge in [0.15, 0.2) is 5.82 Å². The summed E-state index contributed by atoms with van der Waals surface area (Å²) in [5.41, 5.74) is 5.24. The molecule has 0 aliphatic carbocycles. The van der Waals surface area contributed by atoms with Crippen molar-refractivity contribution in [1.82, 2.24) is 10.3 Å². The lowest BCUT2D eigenvalue weighted by molar-refractivity contribution is 0.0956. The number of H-pyrrole nitrogens is 1. The van der Waals surface area contributed by atoms with Crippen molar-refractivity contribution in [2.75, 3.05) is 6.54 Å². The number of hydrogen-bond donors (Lipinski definition) is 4. The van der Waals surface area contributed by atoms with Crippen LogP contribution in [0.15, 0.2) is 46.1 Å². The lowest BCUT2D eigenvalue weighted by Gasteiger charge is -2.08. The number of allylic oxidation sites excluding steroid dienone is 1. The first-order chi connectivity index (χ1) is 10.5. The summed E-state index contributed by atoms with van der Waals surface area (Å²) in [6, 6.07) is 0.839. The van der Waals surface area contributed by atoms with E-state index < -0.39 is 17.3 Å². The van der Waals surface area contributed by atoms with Crippen LogP contribution in [-0.4, -0.2) is 29.4 Å². The predicted octanol–water partition coefficient (Wildman–Crippen LogP) is 0.711. The van der Waals surface area contributed by atoms with E-state index in [2.05, 4.69) is 15.3 Å². The van der Waals surface area contributed by atoms with Gasteiger partial charge in [-0.1, -0.05) is 6.08 Å². The second kappa shape index (κ2) is 8.30. The number of pyridine rings is 1. The van der Waals surface area contributed by atoms with Crippen molar-refractivity contribution in [3.8, 4) is 0 Å². The number of aromatic amines is 1. The fraction of sp³-hybridized carbons (Fsp3) is 0.143. The molecule has 1 aromatic rings. The van der Waals surface area contributed by atoms with Crippen LogP contribution in [0.25, 0.3) is 0 Å². The fourth-order valence-corrected chi connectivity index (χ4v) is 1.47. The monoisotopic (exact) mass is 305 g/mol. The molecule has 0 unspecified atom stereocenters. The summed E-state index contributed by atoms with van der Waals surface area (Å²) in [6.07, 6.45) is 6.51. The third-order valence-corrected chi connectivity index (χ3v) is 2.59. The zero-order valence-electron chi connectivity index (χ0n) is 11.9. The number of aliphatic imine (C=N–C) groups is 1. The van der Waals surface area contributed by atoms with E-state index in [-0.39, 0.29) is 17.8 Å². The number of rotatable bonds is 6. The smallest absolute Gasteiger partial charge is 0.283 e. The van der Waals surface area contributed by atoms with Gasteiger partial charge in [-0.25, -0.2) is 4.39 Å². The zero-order valence-corrected chi connectivity index (χ0v) is 11.9. The molecule has 1 amide bonds. The van der Waals surface area contributed by atoms with E-state index in [1.807, 2.05) is 0 Å². The lowest BCUT2D eigenvalue weighted by atomic mass is 10.1. The van der Waals surface area contributed by atoms with E-state index in [4.69, 9.17) is 11.1 Å². The molecule has 0 bridgehead atoms. The van der Waals surface area contributed by atoms with Gasteiger partial charge in [0.1, 0.15) is 0 Å². The van der Waals surface area contributed by atoms with Crippen LogP contribution in [0, 0.1) is 11.2 Å². The molecule has 1 rings (SSSR count). The summed E-state index contributed by atoms with van der Waals surface area (Å²) in [5.74, 6) is -1.64. The molecule has 0 aliphatic rings. The fourth-order valence-electron chi connectivity index (χ4n) is 1.47. The summed E-state index contributed by atoms with van der Waals surface area (Å²) in [7, 11) is 0. The van der Waals surface area contributed by atoms with Crippen molar-refractivity contribution >= 4 is 17.8 Å². The Hall–Kier alpha value is -3.03. The highest BCUT2D eigenvalue weighted by molar-refractivity contribution is 6.37. The standard InChI is InChI=1S/C14H16FN5O2/c1-2-3-18-12(6-17)10(5-16)8-19-13(21)9-4-11(15)14(22)20-7-9/h2-7,17H,8,16H2,1H3,(H,19,21)(H,20,22)/b3-2-,10-5?,17-6?,18-12?. The van der Waals surface area contributed by atoms with Crippen molar-refractivity contribution in [3.63, 3.8) is 0 Å². The molecule has 0 aromatic carbocycles. The largest absolute Gasteiger partial charge is 0.404 e. The maximum Gasteiger partial charge on any atom is 0.283 e. The lowest BCUT2D eigenvalue weighted by Crippen LogP contribution is -2.29. The molecule has 8 heteroatoms. The minimum atomic E-state index is -1.04. The molecule has 0 saturated carbocycles. The number of carbonyl (C=O) groups excluding carboxylic acids is 1. The van der Waals surface area contributed by atoms with E-state index in [0.717, 1.165) is 18.5 Å². The predicted molar refractivity (Wildman–Crippen MR) is 82.7 cm³/mol. The number of hydrogen-bond acceptors (Lipinski definition) is 5. The number of amides is 1. The summed E-state index contributed by atoms with van der Waals surface area (Å²) < 4.78 is 13.1. The van der Waals surface area contributed by atoms with Crippen LogP contribution in [0.2, 0.25) is 0 Å². The van der Waals surface area contributed by atoms with Gasteiger partial charge in [0.05, 0.1) is 11.3 Å². The Kier molecular flexibility index (Phi) is 6.42. The molecule has 0 fully saturated rings. The number of carbonyl (C=O) groups is 1. The Morgan fingerprint density at radius 3 is 2.86 bits per heavy atom. The van der Waals surface area contributed by atoms with Gasteiger partial charge in [-0.2, -0.15) is 0 Å². The molecular formula is C14H16FN5O2. The highest BCUT2D eigenvalue weighted by Crippen LogP contribution is 2.00. The minimum Gasteiger partial charge on any atom is -0.404 e. The van der Waals surface area contributed by atoms with Crippen LogP contribution in [-0.2, 0) is 0 Å². The van der Waals surface area contributed by atoms with Crippen LogP contribution in [0.1, 0.15) is 17.3 Å². The topological polar surface area (TPSA) is 124 Å². The molecule has 1 heterocycles. The molecular weight excluding hydrogens is 289 g/mol. The number of halogens is 1. The van der Waals surface area contributed by atoms with Crippen molar-refractivity contribution in [2.45, 2.75) is 6.92 Å². The molecule has 0 aliphatic heterocycles. The van der Waals surface area contributed by atoms with Crippen LogP contribution < -0.4 is 16.6 Å².